The van der Waals surface area contributed by atoms with E-state index in [0.29, 0.717) is 26.2 Å². The standard InChI is InChI=1S/C44H89NO5/c1-8-12-14-16-18-20-21-22-23-24-25-26-27-29-31-33-38-49-41(40-48-37-32-30-28-19-17-15-13-9-2)34-36-45-42(46)44(6,11-4)50-39-35-43(5,10-3)47-7/h41H,8-40H2,1-7H3,(H,45,46). The normalized spacial score (nSPS) is 14.8. The fraction of sp³-hybridized carbons (Fsp3) is 0.977. The van der Waals surface area contributed by atoms with Crippen molar-refractivity contribution in [3.63, 3.8) is 0 Å². The van der Waals surface area contributed by atoms with E-state index in [1.807, 2.05) is 13.8 Å². The minimum Gasteiger partial charge on any atom is -0.379 e. The van der Waals surface area contributed by atoms with Crippen LogP contribution in [0.15, 0.2) is 0 Å². The summed E-state index contributed by atoms with van der Waals surface area (Å²) in [6, 6.07) is 0. The number of nitrogens with one attached hydrogen (secondary N) is 1. The number of ether oxygens (including phenoxy) is 4. The molecule has 0 aliphatic heterocycles. The van der Waals surface area contributed by atoms with E-state index in [9.17, 15) is 4.79 Å². The number of methoxy groups -OCH3 is 1. The topological polar surface area (TPSA) is 66.0 Å². The van der Waals surface area contributed by atoms with Crippen molar-refractivity contribution in [2.24, 2.45) is 0 Å². The smallest absolute Gasteiger partial charge is 0.251 e. The molecular weight excluding hydrogens is 622 g/mol. The van der Waals surface area contributed by atoms with Crippen molar-refractivity contribution in [1.82, 2.24) is 5.32 Å². The summed E-state index contributed by atoms with van der Waals surface area (Å²) in [6.45, 7) is 15.9. The average molecular weight is 712 g/mol. The van der Waals surface area contributed by atoms with Crippen LogP contribution >= 0.6 is 0 Å². The van der Waals surface area contributed by atoms with E-state index >= 15 is 0 Å². The number of carbonyl (C=O) groups is 1. The van der Waals surface area contributed by atoms with Gasteiger partial charge in [0.05, 0.1) is 24.9 Å². The van der Waals surface area contributed by atoms with E-state index in [1.54, 1.807) is 7.11 Å². The Bertz CT molecular complexity index is 715. The van der Waals surface area contributed by atoms with Crippen molar-refractivity contribution >= 4 is 5.91 Å². The first-order chi connectivity index (χ1) is 24.3. The molecule has 0 saturated heterocycles. The van der Waals surface area contributed by atoms with Crippen LogP contribution in [0, 0.1) is 0 Å². The first kappa shape index (κ1) is 49.3. The SMILES string of the molecule is CCCCCCCCCCCCCCCCCCOC(CCNC(=O)C(C)(CC)OCCC(C)(CC)OC)COCCCCCCCCCC. The summed E-state index contributed by atoms with van der Waals surface area (Å²) in [4.78, 5) is 13.2. The Balaban J connectivity index is 4.37. The van der Waals surface area contributed by atoms with Crippen LogP contribution in [0.3, 0.4) is 0 Å². The lowest BCUT2D eigenvalue weighted by Crippen LogP contribution is -2.47. The predicted octanol–water partition coefficient (Wildman–Crippen LogP) is 12.7. The van der Waals surface area contributed by atoms with Crippen molar-refractivity contribution in [3.05, 3.63) is 0 Å². The molecular formula is C44H89NO5. The van der Waals surface area contributed by atoms with Gasteiger partial charge in [0, 0.05) is 26.9 Å². The maximum absolute atomic E-state index is 13.2. The second-order valence-corrected chi connectivity index (χ2v) is 15.6. The fourth-order valence-corrected chi connectivity index (χ4v) is 6.44. The summed E-state index contributed by atoms with van der Waals surface area (Å²) >= 11 is 0. The zero-order valence-electron chi connectivity index (χ0n) is 35.0. The van der Waals surface area contributed by atoms with E-state index in [1.165, 1.54) is 141 Å². The molecule has 50 heavy (non-hydrogen) atoms. The lowest BCUT2D eigenvalue weighted by Gasteiger charge is -2.31. The molecule has 300 valence electrons. The summed E-state index contributed by atoms with van der Waals surface area (Å²) < 4.78 is 24.3. The van der Waals surface area contributed by atoms with Gasteiger partial charge in [-0.25, -0.2) is 0 Å². The first-order valence-corrected chi connectivity index (χ1v) is 22.0. The quantitative estimate of drug-likeness (QED) is 0.0641. The highest BCUT2D eigenvalue weighted by atomic mass is 16.5. The van der Waals surface area contributed by atoms with Crippen molar-refractivity contribution in [2.75, 3.05) is 40.1 Å². The minimum absolute atomic E-state index is 0.00134. The van der Waals surface area contributed by atoms with Gasteiger partial charge in [0.25, 0.3) is 5.91 Å². The number of carbonyl (C=O) groups excluding carboxylic acids is 1. The lowest BCUT2D eigenvalue weighted by atomic mass is 9.98. The van der Waals surface area contributed by atoms with Crippen molar-refractivity contribution in [2.45, 2.75) is 239 Å². The second kappa shape index (κ2) is 35.3. The van der Waals surface area contributed by atoms with Gasteiger partial charge in [0.15, 0.2) is 0 Å². The number of hydrogen-bond acceptors (Lipinski definition) is 5. The third-order valence-corrected chi connectivity index (χ3v) is 11.0. The number of hydrogen-bond donors (Lipinski definition) is 1. The molecule has 0 radical (unpaired) electrons. The minimum atomic E-state index is -0.848. The number of amides is 1. The molecule has 0 bridgehead atoms. The Morgan fingerprint density at radius 1 is 0.580 bits per heavy atom. The van der Waals surface area contributed by atoms with E-state index < -0.39 is 5.60 Å². The van der Waals surface area contributed by atoms with Gasteiger partial charge in [0.2, 0.25) is 0 Å². The van der Waals surface area contributed by atoms with Crippen LogP contribution in [-0.2, 0) is 23.7 Å². The molecule has 6 nitrogen and oxygen atoms in total. The number of rotatable bonds is 40. The summed E-state index contributed by atoms with van der Waals surface area (Å²) in [7, 11) is 1.74. The Morgan fingerprint density at radius 2 is 1.02 bits per heavy atom. The van der Waals surface area contributed by atoms with Gasteiger partial charge in [-0.05, 0) is 52.4 Å². The predicted molar refractivity (Wildman–Crippen MR) is 215 cm³/mol. The van der Waals surface area contributed by atoms with Gasteiger partial charge in [-0.15, -0.1) is 0 Å². The van der Waals surface area contributed by atoms with Crippen LogP contribution in [0.1, 0.15) is 221 Å². The molecule has 0 aromatic carbocycles. The van der Waals surface area contributed by atoms with Gasteiger partial charge in [-0.2, -0.15) is 0 Å². The molecule has 0 rings (SSSR count). The largest absolute Gasteiger partial charge is 0.379 e. The Hall–Kier alpha value is -0.690. The Kier molecular flexibility index (Phi) is 34.9. The maximum atomic E-state index is 13.2. The Labute approximate surface area is 313 Å². The van der Waals surface area contributed by atoms with Gasteiger partial charge < -0.3 is 24.3 Å². The molecule has 0 heterocycles. The molecule has 0 aliphatic rings. The van der Waals surface area contributed by atoms with E-state index in [-0.39, 0.29) is 17.6 Å². The third-order valence-electron chi connectivity index (χ3n) is 11.0. The fourth-order valence-electron chi connectivity index (χ4n) is 6.44. The van der Waals surface area contributed by atoms with Crippen LogP contribution in [-0.4, -0.2) is 63.3 Å². The molecule has 0 aliphatic carbocycles. The highest BCUT2D eigenvalue weighted by Crippen LogP contribution is 2.22. The van der Waals surface area contributed by atoms with Gasteiger partial charge in [0.1, 0.15) is 5.60 Å². The summed E-state index contributed by atoms with van der Waals surface area (Å²) in [6.07, 6.45) is 35.4. The second-order valence-electron chi connectivity index (χ2n) is 15.6. The molecule has 0 aromatic rings. The molecule has 6 heteroatoms. The molecule has 0 saturated carbocycles. The van der Waals surface area contributed by atoms with E-state index in [2.05, 4.69) is 33.0 Å². The van der Waals surface area contributed by atoms with Crippen LogP contribution in [0.2, 0.25) is 0 Å². The molecule has 0 aromatic heterocycles. The monoisotopic (exact) mass is 712 g/mol. The van der Waals surface area contributed by atoms with Gasteiger partial charge >= 0.3 is 0 Å². The lowest BCUT2D eigenvalue weighted by molar-refractivity contribution is -0.148. The Morgan fingerprint density at radius 3 is 1.44 bits per heavy atom. The highest BCUT2D eigenvalue weighted by molar-refractivity contribution is 5.84. The van der Waals surface area contributed by atoms with Crippen LogP contribution in [0.25, 0.3) is 0 Å². The summed E-state index contributed by atoms with van der Waals surface area (Å²) in [5.41, 5.74) is -1.07. The summed E-state index contributed by atoms with van der Waals surface area (Å²) in [5, 5.41) is 3.15. The van der Waals surface area contributed by atoms with Crippen LogP contribution < -0.4 is 5.32 Å². The van der Waals surface area contributed by atoms with E-state index in [4.69, 9.17) is 18.9 Å². The van der Waals surface area contributed by atoms with Crippen molar-refractivity contribution < 1.29 is 23.7 Å². The molecule has 0 spiro atoms. The molecule has 0 fully saturated rings. The maximum Gasteiger partial charge on any atom is 0.251 e. The highest BCUT2D eigenvalue weighted by Gasteiger charge is 2.33. The van der Waals surface area contributed by atoms with Crippen LogP contribution in [0.4, 0.5) is 0 Å². The molecule has 1 N–H and O–H groups in total. The van der Waals surface area contributed by atoms with E-state index in [0.717, 1.165) is 45.3 Å². The molecule has 3 atom stereocenters. The number of unbranched alkanes of at least 4 members (excludes halogenated alkanes) is 22. The van der Waals surface area contributed by atoms with Crippen molar-refractivity contribution in [3.8, 4) is 0 Å². The van der Waals surface area contributed by atoms with Crippen molar-refractivity contribution in [1.29, 1.82) is 0 Å². The molecule has 1 amide bonds. The zero-order valence-corrected chi connectivity index (χ0v) is 35.0. The summed E-state index contributed by atoms with van der Waals surface area (Å²) in [5.74, 6) is -0.0490. The average Bonchev–Trinajstić information content (AvgIpc) is 3.12. The zero-order chi connectivity index (χ0) is 37.0. The first-order valence-electron chi connectivity index (χ1n) is 22.0. The van der Waals surface area contributed by atoms with Gasteiger partial charge in [-0.3, -0.25) is 4.79 Å². The van der Waals surface area contributed by atoms with Gasteiger partial charge in [-0.1, -0.05) is 169 Å². The third kappa shape index (κ3) is 28.8. The van der Waals surface area contributed by atoms with Crippen LogP contribution in [0.5, 0.6) is 0 Å². The molecule has 3 unspecified atom stereocenters.